The zero-order valence-electron chi connectivity index (χ0n) is 19.7. The van der Waals surface area contributed by atoms with Crippen molar-refractivity contribution in [3.05, 3.63) is 24.6 Å². The van der Waals surface area contributed by atoms with Crippen molar-refractivity contribution in [3.8, 4) is 0 Å². The fraction of sp³-hybridized carbons (Fsp3) is 0.846. The van der Waals surface area contributed by atoms with Crippen LogP contribution in [-0.4, -0.2) is 35.5 Å². The lowest BCUT2D eigenvalue weighted by Gasteiger charge is -2.36. The molecule has 0 aromatic carbocycles. The molecule has 29 heavy (non-hydrogen) atoms. The molecule has 0 aromatic rings. The minimum absolute atomic E-state index is 0.270. The molecule has 0 amide bonds. The van der Waals surface area contributed by atoms with E-state index in [0.29, 0.717) is 6.17 Å². The van der Waals surface area contributed by atoms with E-state index in [-0.39, 0.29) is 6.61 Å². The maximum Gasteiger partial charge on any atom is 0.166 e. The van der Waals surface area contributed by atoms with E-state index in [2.05, 4.69) is 43.7 Å². The zero-order chi connectivity index (χ0) is 21.0. The van der Waals surface area contributed by atoms with Gasteiger partial charge in [-0.05, 0) is 39.0 Å². The largest absolute Gasteiger partial charge is 0.390 e. The van der Waals surface area contributed by atoms with E-state index in [1.807, 2.05) is 0 Å². The van der Waals surface area contributed by atoms with Crippen LogP contribution in [0.2, 0.25) is 0 Å². The van der Waals surface area contributed by atoms with Gasteiger partial charge in [-0.3, -0.25) is 4.48 Å². The van der Waals surface area contributed by atoms with Crippen LogP contribution in [0.4, 0.5) is 0 Å². The molecule has 0 saturated carbocycles. The van der Waals surface area contributed by atoms with Crippen LogP contribution in [0.1, 0.15) is 117 Å². The summed E-state index contributed by atoms with van der Waals surface area (Å²) < 4.78 is 0.908. The maximum absolute atomic E-state index is 9.38. The summed E-state index contributed by atoms with van der Waals surface area (Å²) >= 11 is 0. The summed E-state index contributed by atoms with van der Waals surface area (Å²) in [6.07, 6.45) is 31.4. The van der Waals surface area contributed by atoms with Crippen molar-refractivity contribution in [2.24, 2.45) is 0 Å². The Morgan fingerprint density at radius 1 is 0.793 bits per heavy atom. The van der Waals surface area contributed by atoms with Crippen molar-refractivity contribution in [2.45, 2.75) is 123 Å². The Bertz CT molecular complexity index is 421. The van der Waals surface area contributed by atoms with Crippen LogP contribution >= 0.6 is 0 Å². The highest BCUT2D eigenvalue weighted by atomic mass is 16.3. The molecule has 0 radical (unpaired) electrons. The first kappa shape index (κ1) is 26.2. The highest BCUT2D eigenvalue weighted by molar-refractivity contribution is 4.84. The summed E-state index contributed by atoms with van der Waals surface area (Å²) in [7, 11) is 0. The highest BCUT2D eigenvalue weighted by Crippen LogP contribution is 2.23. The van der Waals surface area contributed by atoms with E-state index < -0.39 is 0 Å². The molecule has 3 nitrogen and oxygen atoms in total. The maximum atomic E-state index is 9.38. The van der Waals surface area contributed by atoms with E-state index >= 15 is 0 Å². The number of nitrogens with zero attached hydrogens (tertiary/aromatic N) is 1. The van der Waals surface area contributed by atoms with Crippen LogP contribution in [0.3, 0.4) is 0 Å². The summed E-state index contributed by atoms with van der Waals surface area (Å²) in [6.45, 7) is 6.66. The first-order valence-electron chi connectivity index (χ1n) is 12.8. The van der Waals surface area contributed by atoms with Gasteiger partial charge in [-0.25, -0.2) is 0 Å². The van der Waals surface area contributed by atoms with Gasteiger partial charge in [-0.15, -0.1) is 0 Å². The van der Waals surface area contributed by atoms with Gasteiger partial charge in [0.2, 0.25) is 0 Å². The molecule has 0 spiro atoms. The summed E-state index contributed by atoms with van der Waals surface area (Å²) in [5.41, 5.74) is 0. The van der Waals surface area contributed by atoms with Gasteiger partial charge in [0.15, 0.2) is 6.17 Å². The second kappa shape index (κ2) is 18.0. The third-order valence-corrected chi connectivity index (χ3v) is 6.63. The third-order valence-electron chi connectivity index (χ3n) is 6.63. The SMILES string of the molecule is CCCCC/C=C/CCCCCCCCCCCCC1NC=C[N+]1(CC)CCO. The van der Waals surface area contributed by atoms with Crippen molar-refractivity contribution < 1.29 is 9.59 Å². The molecule has 3 heteroatoms. The molecule has 1 aliphatic heterocycles. The minimum Gasteiger partial charge on any atom is -0.390 e. The first-order valence-corrected chi connectivity index (χ1v) is 12.8. The lowest BCUT2D eigenvalue weighted by Crippen LogP contribution is -2.54. The van der Waals surface area contributed by atoms with Crippen LogP contribution in [0, 0.1) is 0 Å². The lowest BCUT2D eigenvalue weighted by molar-refractivity contribution is -0.900. The number of hydrogen-bond acceptors (Lipinski definition) is 2. The summed E-state index contributed by atoms with van der Waals surface area (Å²) in [6, 6.07) is 0. The second-order valence-corrected chi connectivity index (χ2v) is 8.94. The number of quaternary nitrogens is 1. The van der Waals surface area contributed by atoms with Crippen molar-refractivity contribution in [2.75, 3.05) is 19.7 Å². The van der Waals surface area contributed by atoms with Gasteiger partial charge in [0, 0.05) is 6.42 Å². The van der Waals surface area contributed by atoms with Gasteiger partial charge < -0.3 is 10.4 Å². The van der Waals surface area contributed by atoms with Crippen molar-refractivity contribution in [1.29, 1.82) is 0 Å². The summed E-state index contributed by atoms with van der Waals surface area (Å²) in [4.78, 5) is 0. The molecular weight excluding hydrogens is 356 g/mol. The summed E-state index contributed by atoms with van der Waals surface area (Å²) in [5.74, 6) is 0. The number of unbranched alkanes of at least 4 members (excludes halogenated alkanes) is 13. The number of aliphatic hydroxyl groups excluding tert-OH is 1. The second-order valence-electron chi connectivity index (χ2n) is 8.94. The monoisotopic (exact) mass is 407 g/mol. The molecule has 170 valence electrons. The van der Waals surface area contributed by atoms with E-state index in [1.54, 1.807) is 0 Å². The van der Waals surface area contributed by atoms with Gasteiger partial charge in [0.25, 0.3) is 0 Å². The molecule has 2 N–H and O–H groups in total. The van der Waals surface area contributed by atoms with Gasteiger partial charge in [0.05, 0.1) is 19.4 Å². The predicted molar refractivity (Wildman–Crippen MR) is 128 cm³/mol. The quantitative estimate of drug-likeness (QED) is 0.129. The van der Waals surface area contributed by atoms with Crippen molar-refractivity contribution in [3.63, 3.8) is 0 Å². The van der Waals surface area contributed by atoms with Gasteiger partial charge in [0.1, 0.15) is 12.7 Å². The van der Waals surface area contributed by atoms with Crippen molar-refractivity contribution in [1.82, 2.24) is 5.32 Å². The third kappa shape index (κ3) is 11.8. The standard InChI is InChI=1S/C26H51N2O/c1-3-5-6-7-8-9-10-11-12-13-14-15-16-17-18-19-20-21-26-27-22-23-28(26,4-2)24-25-29/h8-9,22-23,26-27,29H,3-7,10-21,24-25H2,1-2H3/q+1/b9-8+. The molecule has 0 aliphatic carbocycles. The number of allylic oxidation sites excluding steroid dienone is 2. The Morgan fingerprint density at radius 3 is 1.90 bits per heavy atom. The lowest BCUT2D eigenvalue weighted by atomic mass is 10.0. The molecule has 0 bridgehead atoms. The van der Waals surface area contributed by atoms with Gasteiger partial charge in [-0.2, -0.15) is 0 Å². The smallest absolute Gasteiger partial charge is 0.166 e. The van der Waals surface area contributed by atoms with Gasteiger partial charge >= 0.3 is 0 Å². The van der Waals surface area contributed by atoms with Crippen LogP contribution < -0.4 is 5.32 Å². The molecular formula is C26H51N2O+. The fourth-order valence-corrected chi connectivity index (χ4v) is 4.56. The topological polar surface area (TPSA) is 32.3 Å². The molecule has 1 heterocycles. The van der Waals surface area contributed by atoms with Crippen LogP contribution in [-0.2, 0) is 0 Å². The highest BCUT2D eigenvalue weighted by Gasteiger charge is 2.35. The Labute approximate surface area is 182 Å². The number of nitrogens with one attached hydrogen (secondary N) is 1. The minimum atomic E-state index is 0.270. The number of rotatable bonds is 20. The van der Waals surface area contributed by atoms with E-state index in [1.165, 1.54) is 103 Å². The van der Waals surface area contributed by atoms with Crippen molar-refractivity contribution >= 4 is 0 Å². The normalized spacial score (nSPS) is 21.3. The van der Waals surface area contributed by atoms with Gasteiger partial charge in [-0.1, -0.05) is 83.3 Å². The Hall–Kier alpha value is -0.800. The predicted octanol–water partition coefficient (Wildman–Crippen LogP) is 7.03. The molecule has 0 fully saturated rings. The van der Waals surface area contributed by atoms with Crippen LogP contribution in [0.15, 0.2) is 24.6 Å². The number of aliphatic hydroxyl groups is 1. The zero-order valence-corrected chi connectivity index (χ0v) is 19.7. The molecule has 0 aromatic heterocycles. The molecule has 2 atom stereocenters. The van der Waals surface area contributed by atoms with E-state index in [9.17, 15) is 5.11 Å². The molecule has 0 saturated heterocycles. The molecule has 2 unspecified atom stereocenters. The Balaban J connectivity index is 1.86. The van der Waals surface area contributed by atoms with Crippen LogP contribution in [0.5, 0.6) is 0 Å². The average Bonchev–Trinajstić information content (AvgIpc) is 3.13. The van der Waals surface area contributed by atoms with Crippen LogP contribution in [0.25, 0.3) is 0 Å². The number of likely N-dealkylation sites (N-methyl/N-ethyl adjacent to an activating group) is 1. The molecule has 1 rings (SSSR count). The Morgan fingerprint density at radius 2 is 1.34 bits per heavy atom. The number of hydrogen-bond donors (Lipinski definition) is 2. The molecule has 1 aliphatic rings. The first-order chi connectivity index (χ1) is 14.3. The van der Waals surface area contributed by atoms with E-state index in [0.717, 1.165) is 17.6 Å². The summed E-state index contributed by atoms with van der Waals surface area (Å²) in [5, 5.41) is 12.9. The average molecular weight is 408 g/mol. The Kier molecular flexibility index (Phi) is 16.3. The fourth-order valence-electron chi connectivity index (χ4n) is 4.56. The van der Waals surface area contributed by atoms with E-state index in [4.69, 9.17) is 0 Å².